The molecule has 1 heterocycles. The molecule has 1 aromatic rings. The number of nitrogens with zero attached hydrogens (tertiary/aromatic N) is 1. The maximum Gasteiger partial charge on any atom is 0.146 e. The summed E-state index contributed by atoms with van der Waals surface area (Å²) in [4.78, 5) is 1.90. The SMILES string of the molecule is C[C@H](O)c1cccc(F)c1N(C)CC1CCCOC1. The highest BCUT2D eigenvalue weighted by Gasteiger charge is 2.20. The quantitative estimate of drug-likeness (QED) is 0.910. The van der Waals surface area contributed by atoms with Crippen molar-refractivity contribution in [1.82, 2.24) is 0 Å². The van der Waals surface area contributed by atoms with Crippen LogP contribution in [0.4, 0.5) is 10.1 Å². The lowest BCUT2D eigenvalue weighted by atomic mass is 10.0. The third kappa shape index (κ3) is 3.45. The van der Waals surface area contributed by atoms with Crippen LogP contribution in [0.2, 0.25) is 0 Å². The Hall–Kier alpha value is -1.13. The molecule has 0 bridgehead atoms. The highest BCUT2D eigenvalue weighted by Crippen LogP contribution is 2.29. The number of aliphatic hydroxyl groups excluding tert-OH is 1. The van der Waals surface area contributed by atoms with Gasteiger partial charge in [0, 0.05) is 25.8 Å². The molecule has 19 heavy (non-hydrogen) atoms. The van der Waals surface area contributed by atoms with Gasteiger partial charge in [0.2, 0.25) is 0 Å². The average Bonchev–Trinajstić information content (AvgIpc) is 2.39. The Balaban J connectivity index is 2.15. The normalized spacial score (nSPS) is 21.2. The fourth-order valence-corrected chi connectivity index (χ4v) is 2.70. The summed E-state index contributed by atoms with van der Waals surface area (Å²) in [6.07, 6.45) is 1.51. The van der Waals surface area contributed by atoms with Gasteiger partial charge >= 0.3 is 0 Å². The van der Waals surface area contributed by atoms with Crippen LogP contribution in [-0.2, 0) is 4.74 Å². The minimum absolute atomic E-state index is 0.280. The van der Waals surface area contributed by atoms with E-state index in [0.717, 1.165) is 32.6 Å². The molecule has 1 unspecified atom stereocenters. The topological polar surface area (TPSA) is 32.7 Å². The van der Waals surface area contributed by atoms with E-state index in [9.17, 15) is 9.50 Å². The van der Waals surface area contributed by atoms with Crippen molar-refractivity contribution in [2.75, 3.05) is 31.7 Å². The molecule has 0 saturated carbocycles. The third-order valence-corrected chi connectivity index (χ3v) is 3.64. The molecule has 1 fully saturated rings. The van der Waals surface area contributed by atoms with Crippen molar-refractivity contribution < 1.29 is 14.2 Å². The first-order valence-corrected chi connectivity index (χ1v) is 6.85. The van der Waals surface area contributed by atoms with Crippen LogP contribution in [0.15, 0.2) is 18.2 Å². The Labute approximate surface area is 114 Å². The van der Waals surface area contributed by atoms with Crippen LogP contribution in [0.5, 0.6) is 0 Å². The molecule has 3 nitrogen and oxygen atoms in total. The summed E-state index contributed by atoms with van der Waals surface area (Å²) in [7, 11) is 1.87. The molecule has 4 heteroatoms. The zero-order valence-corrected chi connectivity index (χ0v) is 11.6. The molecule has 0 aromatic heterocycles. The Kier molecular flexibility index (Phi) is 4.77. The van der Waals surface area contributed by atoms with E-state index in [4.69, 9.17) is 4.74 Å². The van der Waals surface area contributed by atoms with Gasteiger partial charge in [0.1, 0.15) is 5.82 Å². The molecule has 2 atom stereocenters. The van der Waals surface area contributed by atoms with E-state index in [1.807, 2.05) is 11.9 Å². The van der Waals surface area contributed by atoms with Crippen LogP contribution in [0.25, 0.3) is 0 Å². The number of benzene rings is 1. The Morgan fingerprint density at radius 1 is 1.53 bits per heavy atom. The summed E-state index contributed by atoms with van der Waals surface area (Å²) in [5, 5.41) is 9.77. The van der Waals surface area contributed by atoms with Gasteiger partial charge in [-0.2, -0.15) is 0 Å². The zero-order chi connectivity index (χ0) is 13.8. The second-order valence-corrected chi connectivity index (χ2v) is 5.32. The molecule has 1 aliphatic heterocycles. The van der Waals surface area contributed by atoms with E-state index in [-0.39, 0.29) is 5.82 Å². The monoisotopic (exact) mass is 267 g/mol. The van der Waals surface area contributed by atoms with Crippen LogP contribution in [0.1, 0.15) is 31.4 Å². The molecule has 1 saturated heterocycles. The number of para-hydroxylation sites is 1. The van der Waals surface area contributed by atoms with Crippen LogP contribution >= 0.6 is 0 Å². The maximum absolute atomic E-state index is 14.0. The molecule has 1 aliphatic rings. The van der Waals surface area contributed by atoms with Gasteiger partial charge in [0.25, 0.3) is 0 Å². The zero-order valence-electron chi connectivity index (χ0n) is 11.6. The van der Waals surface area contributed by atoms with E-state index < -0.39 is 6.10 Å². The molecular formula is C15H22FNO2. The third-order valence-electron chi connectivity index (χ3n) is 3.64. The van der Waals surface area contributed by atoms with E-state index in [1.54, 1.807) is 19.1 Å². The second kappa shape index (κ2) is 6.35. The smallest absolute Gasteiger partial charge is 0.146 e. The lowest BCUT2D eigenvalue weighted by molar-refractivity contribution is 0.0575. The van der Waals surface area contributed by atoms with Crippen molar-refractivity contribution in [3.8, 4) is 0 Å². The standard InChI is InChI=1S/C15H22FNO2/c1-11(18)13-6-3-7-14(16)15(13)17(2)9-12-5-4-8-19-10-12/h3,6-7,11-12,18H,4-5,8-10H2,1-2H3/t11-,12?/m0/s1. The predicted octanol–water partition coefficient (Wildman–Crippen LogP) is 2.74. The van der Waals surface area contributed by atoms with Crippen LogP contribution in [-0.4, -0.2) is 31.9 Å². The maximum atomic E-state index is 14.0. The lowest BCUT2D eigenvalue weighted by Crippen LogP contribution is -2.32. The molecule has 0 amide bonds. The Morgan fingerprint density at radius 2 is 2.32 bits per heavy atom. The molecule has 0 aliphatic carbocycles. The minimum Gasteiger partial charge on any atom is -0.389 e. The molecule has 1 N–H and O–H groups in total. The number of hydrogen-bond acceptors (Lipinski definition) is 3. The molecule has 2 rings (SSSR count). The van der Waals surface area contributed by atoms with Crippen LogP contribution in [0, 0.1) is 11.7 Å². The summed E-state index contributed by atoms with van der Waals surface area (Å²) in [5.41, 5.74) is 1.14. The van der Waals surface area contributed by atoms with Crippen molar-refractivity contribution >= 4 is 5.69 Å². The first-order valence-electron chi connectivity index (χ1n) is 6.85. The summed E-state index contributed by atoms with van der Waals surface area (Å²) in [6, 6.07) is 4.85. The fraction of sp³-hybridized carbons (Fsp3) is 0.600. The number of ether oxygens (including phenoxy) is 1. The number of aliphatic hydroxyl groups is 1. The number of rotatable bonds is 4. The second-order valence-electron chi connectivity index (χ2n) is 5.32. The molecule has 0 spiro atoms. The van der Waals surface area contributed by atoms with Gasteiger partial charge in [0.15, 0.2) is 0 Å². The van der Waals surface area contributed by atoms with E-state index >= 15 is 0 Å². The lowest BCUT2D eigenvalue weighted by Gasteiger charge is -2.30. The van der Waals surface area contributed by atoms with Crippen LogP contribution < -0.4 is 4.90 Å². The van der Waals surface area contributed by atoms with Crippen molar-refractivity contribution in [2.45, 2.75) is 25.9 Å². The van der Waals surface area contributed by atoms with E-state index in [0.29, 0.717) is 17.2 Å². The van der Waals surface area contributed by atoms with Crippen molar-refractivity contribution in [1.29, 1.82) is 0 Å². The van der Waals surface area contributed by atoms with Gasteiger partial charge < -0.3 is 14.7 Å². The predicted molar refractivity (Wildman–Crippen MR) is 73.8 cm³/mol. The first-order chi connectivity index (χ1) is 9.09. The highest BCUT2D eigenvalue weighted by molar-refractivity contribution is 5.55. The van der Waals surface area contributed by atoms with Gasteiger partial charge in [-0.25, -0.2) is 4.39 Å². The van der Waals surface area contributed by atoms with Gasteiger partial charge in [-0.3, -0.25) is 0 Å². The summed E-state index contributed by atoms with van der Waals surface area (Å²) < 4.78 is 19.5. The largest absolute Gasteiger partial charge is 0.389 e. The fourth-order valence-electron chi connectivity index (χ4n) is 2.70. The summed E-state index contributed by atoms with van der Waals surface area (Å²) in [6.45, 7) is 3.98. The van der Waals surface area contributed by atoms with Crippen molar-refractivity contribution in [3.63, 3.8) is 0 Å². The Morgan fingerprint density at radius 3 is 2.95 bits per heavy atom. The molecule has 1 aromatic carbocycles. The number of hydrogen-bond donors (Lipinski definition) is 1. The number of halogens is 1. The molecule has 0 radical (unpaired) electrons. The first kappa shape index (κ1) is 14.3. The highest BCUT2D eigenvalue weighted by atomic mass is 19.1. The van der Waals surface area contributed by atoms with Crippen LogP contribution in [0.3, 0.4) is 0 Å². The van der Waals surface area contributed by atoms with Gasteiger partial charge in [-0.1, -0.05) is 12.1 Å². The van der Waals surface area contributed by atoms with Crippen molar-refractivity contribution in [2.24, 2.45) is 5.92 Å². The summed E-state index contributed by atoms with van der Waals surface area (Å²) in [5.74, 6) is 0.151. The molecular weight excluding hydrogens is 245 g/mol. The Bertz CT molecular complexity index is 417. The summed E-state index contributed by atoms with van der Waals surface area (Å²) >= 11 is 0. The van der Waals surface area contributed by atoms with Crippen molar-refractivity contribution in [3.05, 3.63) is 29.6 Å². The van der Waals surface area contributed by atoms with E-state index in [2.05, 4.69) is 0 Å². The van der Waals surface area contributed by atoms with Gasteiger partial charge in [-0.05, 0) is 31.7 Å². The van der Waals surface area contributed by atoms with Gasteiger partial charge in [0.05, 0.1) is 18.4 Å². The molecule has 106 valence electrons. The average molecular weight is 267 g/mol. The number of anilines is 1. The van der Waals surface area contributed by atoms with Gasteiger partial charge in [-0.15, -0.1) is 0 Å². The van der Waals surface area contributed by atoms with E-state index in [1.165, 1.54) is 6.07 Å². The minimum atomic E-state index is -0.671.